The summed E-state index contributed by atoms with van der Waals surface area (Å²) in [6.45, 7) is 4.27. The fourth-order valence-corrected chi connectivity index (χ4v) is 1.57. The number of rotatable bonds is 1. The minimum absolute atomic E-state index is 0.566. The molecule has 0 atom stereocenters. The average Bonchev–Trinajstić information content (AvgIpc) is 2.33. The summed E-state index contributed by atoms with van der Waals surface area (Å²) in [6, 6.07) is 0. The lowest BCUT2D eigenvalue weighted by atomic mass is 10.4. The van der Waals surface area contributed by atoms with E-state index in [1.165, 1.54) is 0 Å². The monoisotopic (exact) mass is 281 g/mol. The number of nitrogens with zero attached hydrogens (tertiary/aromatic N) is 3. The highest BCUT2D eigenvalue weighted by Gasteiger charge is 2.07. The minimum Gasteiger partial charge on any atom is -0.379 e. The molecular weight excluding hydrogens is 270 g/mol. The second-order valence-electron chi connectivity index (χ2n) is 3.42. The molecule has 2 rings (SSSR count). The van der Waals surface area contributed by atoms with Gasteiger partial charge in [-0.2, -0.15) is 0 Å². The van der Waals surface area contributed by atoms with Crippen molar-refractivity contribution in [3.8, 4) is 11.8 Å². The third kappa shape index (κ3) is 3.56. The molecule has 0 saturated carbocycles. The van der Waals surface area contributed by atoms with Gasteiger partial charge in [-0.25, -0.2) is 9.97 Å². The molecule has 0 bridgehead atoms. The Bertz CT molecular complexity index is 390. The van der Waals surface area contributed by atoms with Crippen molar-refractivity contribution in [2.75, 3.05) is 32.8 Å². The van der Waals surface area contributed by atoms with Crippen molar-refractivity contribution in [1.82, 2.24) is 14.9 Å². The molecular formula is C11H12BrN3O. The summed E-state index contributed by atoms with van der Waals surface area (Å²) in [6.07, 6.45) is 3.40. The second kappa shape index (κ2) is 5.94. The number of ether oxygens (including phenoxy) is 1. The Morgan fingerprint density at radius 1 is 1.31 bits per heavy atom. The maximum atomic E-state index is 5.26. The highest BCUT2D eigenvalue weighted by molar-refractivity contribution is 9.10. The van der Waals surface area contributed by atoms with E-state index in [0.717, 1.165) is 37.3 Å². The van der Waals surface area contributed by atoms with Crippen LogP contribution in [-0.4, -0.2) is 47.7 Å². The van der Waals surface area contributed by atoms with Crippen molar-refractivity contribution in [1.29, 1.82) is 0 Å². The van der Waals surface area contributed by atoms with E-state index in [4.69, 9.17) is 4.74 Å². The van der Waals surface area contributed by atoms with Gasteiger partial charge in [-0.05, 0) is 21.9 Å². The standard InChI is InChI=1S/C11H12BrN3O/c12-10-8-13-11(14-9-10)2-1-3-15-4-6-16-7-5-15/h8-9H,3-7H2. The Hall–Kier alpha value is -0.960. The van der Waals surface area contributed by atoms with Gasteiger partial charge in [-0.15, -0.1) is 0 Å². The first-order valence-electron chi connectivity index (χ1n) is 5.11. The molecule has 0 aliphatic carbocycles. The second-order valence-corrected chi connectivity index (χ2v) is 4.33. The molecule has 84 valence electrons. The molecule has 0 unspecified atom stereocenters. The zero-order valence-corrected chi connectivity index (χ0v) is 10.4. The fourth-order valence-electron chi connectivity index (χ4n) is 1.37. The quantitative estimate of drug-likeness (QED) is 0.718. The van der Waals surface area contributed by atoms with E-state index in [9.17, 15) is 0 Å². The van der Waals surface area contributed by atoms with Crippen LogP contribution in [0.25, 0.3) is 0 Å². The van der Waals surface area contributed by atoms with Gasteiger partial charge in [0.2, 0.25) is 5.82 Å². The van der Waals surface area contributed by atoms with Gasteiger partial charge in [0.05, 0.1) is 24.2 Å². The first-order chi connectivity index (χ1) is 7.84. The molecule has 0 amide bonds. The van der Waals surface area contributed by atoms with Crippen molar-refractivity contribution in [3.63, 3.8) is 0 Å². The van der Waals surface area contributed by atoms with Crippen LogP contribution >= 0.6 is 15.9 Å². The van der Waals surface area contributed by atoms with Crippen LogP contribution < -0.4 is 0 Å². The summed E-state index contributed by atoms with van der Waals surface area (Å²) in [5.74, 6) is 6.58. The van der Waals surface area contributed by atoms with Gasteiger partial charge in [0.1, 0.15) is 0 Å². The lowest BCUT2D eigenvalue weighted by Gasteiger charge is -2.24. The summed E-state index contributed by atoms with van der Waals surface area (Å²) >= 11 is 3.28. The number of hydrogen-bond acceptors (Lipinski definition) is 4. The number of morpholine rings is 1. The minimum atomic E-state index is 0.566. The highest BCUT2D eigenvalue weighted by Crippen LogP contribution is 2.03. The molecule has 1 aromatic rings. The molecule has 0 spiro atoms. The van der Waals surface area contributed by atoms with Gasteiger partial charge in [0.25, 0.3) is 0 Å². The molecule has 4 nitrogen and oxygen atoms in total. The van der Waals surface area contributed by atoms with Gasteiger partial charge in [-0.1, -0.05) is 5.92 Å². The third-order valence-electron chi connectivity index (χ3n) is 2.23. The Morgan fingerprint density at radius 3 is 2.69 bits per heavy atom. The molecule has 1 aliphatic heterocycles. The van der Waals surface area contributed by atoms with Gasteiger partial charge >= 0.3 is 0 Å². The average molecular weight is 282 g/mol. The summed E-state index contributed by atoms with van der Waals surface area (Å²) in [5.41, 5.74) is 0. The van der Waals surface area contributed by atoms with Crippen LogP contribution in [0.5, 0.6) is 0 Å². The van der Waals surface area contributed by atoms with Gasteiger partial charge in [-0.3, -0.25) is 4.90 Å². The molecule has 1 aliphatic rings. The predicted molar refractivity (Wildman–Crippen MR) is 63.9 cm³/mol. The highest BCUT2D eigenvalue weighted by atomic mass is 79.9. The van der Waals surface area contributed by atoms with E-state index in [0.29, 0.717) is 5.82 Å². The van der Waals surface area contributed by atoms with Crippen LogP contribution in [0.15, 0.2) is 16.9 Å². The smallest absolute Gasteiger partial charge is 0.204 e. The van der Waals surface area contributed by atoms with E-state index >= 15 is 0 Å². The number of hydrogen-bond donors (Lipinski definition) is 0. The fraction of sp³-hybridized carbons (Fsp3) is 0.455. The lowest BCUT2D eigenvalue weighted by Crippen LogP contribution is -2.36. The molecule has 1 fully saturated rings. The molecule has 0 N–H and O–H groups in total. The maximum absolute atomic E-state index is 5.26. The van der Waals surface area contributed by atoms with E-state index < -0.39 is 0 Å². The summed E-state index contributed by atoms with van der Waals surface area (Å²) in [4.78, 5) is 10.4. The van der Waals surface area contributed by atoms with Gasteiger partial charge < -0.3 is 4.74 Å². The van der Waals surface area contributed by atoms with Crippen LogP contribution in [0, 0.1) is 11.8 Å². The van der Waals surface area contributed by atoms with E-state index in [2.05, 4.69) is 42.6 Å². The topological polar surface area (TPSA) is 38.2 Å². The molecule has 5 heteroatoms. The normalized spacial score (nSPS) is 16.6. The molecule has 1 aromatic heterocycles. The van der Waals surface area contributed by atoms with Crippen molar-refractivity contribution < 1.29 is 4.74 Å². The third-order valence-corrected chi connectivity index (χ3v) is 2.64. The van der Waals surface area contributed by atoms with E-state index in [1.54, 1.807) is 12.4 Å². The zero-order valence-electron chi connectivity index (χ0n) is 8.82. The Kier molecular flexibility index (Phi) is 4.28. The number of halogens is 1. The Balaban J connectivity index is 1.87. The lowest BCUT2D eigenvalue weighted by molar-refractivity contribution is 0.0443. The molecule has 1 saturated heterocycles. The van der Waals surface area contributed by atoms with Crippen LogP contribution in [0.2, 0.25) is 0 Å². The van der Waals surface area contributed by atoms with Gasteiger partial charge in [0, 0.05) is 25.5 Å². The van der Waals surface area contributed by atoms with Crippen molar-refractivity contribution in [3.05, 3.63) is 22.7 Å². The van der Waals surface area contributed by atoms with Crippen LogP contribution in [0.3, 0.4) is 0 Å². The molecule has 2 heterocycles. The van der Waals surface area contributed by atoms with Crippen LogP contribution in [0.1, 0.15) is 5.82 Å². The SMILES string of the molecule is Brc1cnc(C#CCN2CCOCC2)nc1. The largest absolute Gasteiger partial charge is 0.379 e. The predicted octanol–water partition coefficient (Wildman–Crippen LogP) is 0.923. The van der Waals surface area contributed by atoms with Gasteiger partial charge in [0.15, 0.2) is 0 Å². The Labute approximate surface area is 103 Å². The van der Waals surface area contributed by atoms with E-state index in [1.807, 2.05) is 0 Å². The van der Waals surface area contributed by atoms with Crippen LogP contribution in [-0.2, 0) is 4.74 Å². The van der Waals surface area contributed by atoms with Crippen molar-refractivity contribution in [2.24, 2.45) is 0 Å². The first-order valence-corrected chi connectivity index (χ1v) is 5.90. The maximum Gasteiger partial charge on any atom is 0.204 e. The summed E-state index contributed by atoms with van der Waals surface area (Å²) in [5, 5.41) is 0. The molecule has 0 radical (unpaired) electrons. The number of aromatic nitrogens is 2. The van der Waals surface area contributed by atoms with E-state index in [-0.39, 0.29) is 0 Å². The van der Waals surface area contributed by atoms with Crippen molar-refractivity contribution in [2.45, 2.75) is 0 Å². The molecule has 0 aromatic carbocycles. The zero-order chi connectivity index (χ0) is 11.2. The Morgan fingerprint density at radius 2 is 2.00 bits per heavy atom. The van der Waals surface area contributed by atoms with Crippen molar-refractivity contribution >= 4 is 15.9 Å². The summed E-state index contributed by atoms with van der Waals surface area (Å²) in [7, 11) is 0. The van der Waals surface area contributed by atoms with Crippen LogP contribution in [0.4, 0.5) is 0 Å². The molecule has 16 heavy (non-hydrogen) atoms. The first kappa shape index (κ1) is 11.5. The summed E-state index contributed by atoms with van der Waals surface area (Å²) < 4.78 is 6.12.